The quantitative estimate of drug-likeness (QED) is 0.702. The summed E-state index contributed by atoms with van der Waals surface area (Å²) in [6.07, 6.45) is 1.78. The Morgan fingerprint density at radius 1 is 1.43 bits per heavy atom. The average molecular weight is 188 g/mol. The molecule has 0 saturated heterocycles. The van der Waals surface area contributed by atoms with Crippen LogP contribution in [0.4, 0.5) is 0 Å². The highest BCUT2D eigenvalue weighted by molar-refractivity contribution is 5.77. The fourth-order valence-corrected chi connectivity index (χ4v) is 1.19. The zero-order chi connectivity index (χ0) is 10.2. The minimum absolute atomic E-state index is 0.784. The third kappa shape index (κ3) is 4.01. The van der Waals surface area contributed by atoms with Gasteiger partial charge in [0.05, 0.1) is 0 Å². The van der Waals surface area contributed by atoms with Crippen molar-refractivity contribution in [2.45, 2.75) is 6.54 Å². The smallest absolute Gasteiger partial charge is 0.0277 e. The van der Waals surface area contributed by atoms with Crippen LogP contribution in [0.25, 0.3) is 0 Å². The van der Waals surface area contributed by atoms with E-state index in [1.165, 1.54) is 5.56 Å². The maximum absolute atomic E-state index is 3.90. The molecule has 0 atom stereocenters. The summed E-state index contributed by atoms with van der Waals surface area (Å²) in [6, 6.07) is 10.3. The molecule has 14 heavy (non-hydrogen) atoms. The van der Waals surface area contributed by atoms with Crippen molar-refractivity contribution in [3.63, 3.8) is 0 Å². The van der Waals surface area contributed by atoms with Gasteiger partial charge in [-0.05, 0) is 11.1 Å². The number of benzene rings is 1. The first-order chi connectivity index (χ1) is 6.83. The lowest BCUT2D eigenvalue weighted by Crippen LogP contribution is -2.16. The Morgan fingerprint density at radius 3 is 2.79 bits per heavy atom. The Labute approximate surface area is 85.4 Å². The highest BCUT2D eigenvalue weighted by atomic mass is 14.8. The summed E-state index contributed by atoms with van der Waals surface area (Å²) >= 11 is 0. The number of aliphatic imine (C=N–C) groups is 1. The van der Waals surface area contributed by atoms with Crippen LogP contribution in [0.3, 0.4) is 0 Å². The van der Waals surface area contributed by atoms with E-state index in [0.29, 0.717) is 0 Å². The van der Waals surface area contributed by atoms with E-state index in [0.717, 1.165) is 18.7 Å². The molecule has 0 fully saturated rings. The Kier molecular flexibility index (Phi) is 4.65. The van der Waals surface area contributed by atoms with Crippen LogP contribution in [-0.2, 0) is 6.54 Å². The Morgan fingerprint density at radius 2 is 2.14 bits per heavy atom. The second-order valence-corrected chi connectivity index (χ2v) is 3.13. The molecule has 1 aromatic rings. The van der Waals surface area contributed by atoms with Crippen molar-refractivity contribution in [3.05, 3.63) is 48.0 Å². The van der Waals surface area contributed by atoms with E-state index in [-0.39, 0.29) is 0 Å². The number of hydrogen-bond donors (Lipinski definition) is 1. The van der Waals surface area contributed by atoms with E-state index < -0.39 is 0 Å². The van der Waals surface area contributed by atoms with E-state index in [9.17, 15) is 0 Å². The highest BCUT2D eigenvalue weighted by Crippen LogP contribution is 1.97. The molecule has 0 spiro atoms. The predicted molar refractivity (Wildman–Crippen MR) is 61.7 cm³/mol. The van der Waals surface area contributed by atoms with E-state index >= 15 is 0 Å². The summed E-state index contributed by atoms with van der Waals surface area (Å²) in [6.45, 7) is 5.52. The maximum Gasteiger partial charge on any atom is 0.0277 e. The fraction of sp³-hybridized carbons (Fsp3) is 0.250. The SMILES string of the molecule is C=C(C=NC)CNCc1ccccc1. The van der Waals surface area contributed by atoms with E-state index in [2.05, 4.69) is 29.0 Å². The molecule has 0 unspecified atom stereocenters. The van der Waals surface area contributed by atoms with E-state index in [1.54, 1.807) is 13.3 Å². The van der Waals surface area contributed by atoms with Gasteiger partial charge in [0, 0.05) is 26.4 Å². The van der Waals surface area contributed by atoms with Crippen LogP contribution in [-0.4, -0.2) is 19.8 Å². The molecular weight excluding hydrogens is 172 g/mol. The van der Waals surface area contributed by atoms with Gasteiger partial charge in [-0.1, -0.05) is 36.9 Å². The number of nitrogens with one attached hydrogen (secondary N) is 1. The van der Waals surface area contributed by atoms with Crippen molar-refractivity contribution in [1.82, 2.24) is 5.32 Å². The number of nitrogens with zero attached hydrogens (tertiary/aromatic N) is 1. The van der Waals surface area contributed by atoms with Crippen molar-refractivity contribution in [2.75, 3.05) is 13.6 Å². The maximum atomic E-state index is 3.90. The summed E-state index contributed by atoms with van der Waals surface area (Å²) < 4.78 is 0. The first kappa shape index (κ1) is 10.7. The van der Waals surface area contributed by atoms with Gasteiger partial charge >= 0.3 is 0 Å². The van der Waals surface area contributed by atoms with Crippen LogP contribution >= 0.6 is 0 Å². The third-order valence-electron chi connectivity index (χ3n) is 1.84. The van der Waals surface area contributed by atoms with Crippen molar-refractivity contribution in [2.24, 2.45) is 4.99 Å². The van der Waals surface area contributed by atoms with Crippen LogP contribution in [0.5, 0.6) is 0 Å². The molecule has 0 bridgehead atoms. The Bertz CT molecular complexity index is 301. The predicted octanol–water partition coefficient (Wildman–Crippen LogP) is 2.03. The van der Waals surface area contributed by atoms with Gasteiger partial charge in [0.15, 0.2) is 0 Å². The highest BCUT2D eigenvalue weighted by Gasteiger charge is 1.91. The Balaban J connectivity index is 2.25. The molecule has 1 N–H and O–H groups in total. The molecule has 0 amide bonds. The minimum Gasteiger partial charge on any atom is -0.309 e. The zero-order valence-corrected chi connectivity index (χ0v) is 8.53. The standard InChI is InChI=1S/C12H16N2/c1-11(8-13-2)9-14-10-12-6-4-3-5-7-12/h3-8,14H,1,9-10H2,2H3. The van der Waals surface area contributed by atoms with Gasteiger partial charge in [-0.2, -0.15) is 0 Å². The minimum atomic E-state index is 0.784. The summed E-state index contributed by atoms with van der Waals surface area (Å²) in [5, 5.41) is 3.30. The molecule has 0 saturated carbocycles. The normalized spacial score (nSPS) is 10.6. The number of hydrogen-bond acceptors (Lipinski definition) is 2. The molecule has 0 aliphatic carbocycles. The molecular formula is C12H16N2. The molecule has 1 rings (SSSR count). The van der Waals surface area contributed by atoms with Gasteiger partial charge in [0.2, 0.25) is 0 Å². The van der Waals surface area contributed by atoms with Gasteiger partial charge in [-0.25, -0.2) is 0 Å². The number of rotatable bonds is 5. The average Bonchev–Trinajstić information content (AvgIpc) is 2.20. The monoisotopic (exact) mass is 188 g/mol. The lowest BCUT2D eigenvalue weighted by atomic mass is 10.2. The van der Waals surface area contributed by atoms with Gasteiger partial charge in [0.1, 0.15) is 0 Å². The van der Waals surface area contributed by atoms with Gasteiger partial charge in [-0.15, -0.1) is 0 Å². The molecule has 2 nitrogen and oxygen atoms in total. The first-order valence-electron chi connectivity index (χ1n) is 4.67. The van der Waals surface area contributed by atoms with E-state index in [4.69, 9.17) is 0 Å². The van der Waals surface area contributed by atoms with Gasteiger partial charge in [0.25, 0.3) is 0 Å². The van der Waals surface area contributed by atoms with Gasteiger partial charge in [-0.3, -0.25) is 4.99 Å². The lowest BCUT2D eigenvalue weighted by molar-refractivity contribution is 0.753. The molecule has 2 heteroatoms. The van der Waals surface area contributed by atoms with Crippen LogP contribution in [0.2, 0.25) is 0 Å². The molecule has 0 aliphatic heterocycles. The lowest BCUT2D eigenvalue weighted by Gasteiger charge is -2.03. The third-order valence-corrected chi connectivity index (χ3v) is 1.84. The molecule has 74 valence electrons. The zero-order valence-electron chi connectivity index (χ0n) is 8.53. The molecule has 0 aromatic heterocycles. The van der Waals surface area contributed by atoms with Crippen molar-refractivity contribution in [3.8, 4) is 0 Å². The Hall–Kier alpha value is -1.41. The molecule has 0 radical (unpaired) electrons. The second-order valence-electron chi connectivity index (χ2n) is 3.13. The topological polar surface area (TPSA) is 24.4 Å². The summed E-state index contributed by atoms with van der Waals surface area (Å²) in [5.41, 5.74) is 2.29. The molecule has 1 aromatic carbocycles. The van der Waals surface area contributed by atoms with E-state index in [1.807, 2.05) is 18.2 Å². The largest absolute Gasteiger partial charge is 0.309 e. The molecule has 0 aliphatic rings. The second kappa shape index (κ2) is 6.11. The summed E-state index contributed by atoms with van der Waals surface area (Å²) in [7, 11) is 1.75. The first-order valence-corrected chi connectivity index (χ1v) is 4.67. The summed E-state index contributed by atoms with van der Waals surface area (Å²) in [4.78, 5) is 3.90. The van der Waals surface area contributed by atoms with Crippen LogP contribution in [0.1, 0.15) is 5.56 Å². The van der Waals surface area contributed by atoms with Crippen LogP contribution in [0.15, 0.2) is 47.5 Å². The summed E-state index contributed by atoms with van der Waals surface area (Å²) in [5.74, 6) is 0. The van der Waals surface area contributed by atoms with Crippen LogP contribution in [0, 0.1) is 0 Å². The van der Waals surface area contributed by atoms with Crippen LogP contribution < -0.4 is 5.32 Å². The van der Waals surface area contributed by atoms with Gasteiger partial charge < -0.3 is 5.32 Å². The molecule has 0 heterocycles. The fourth-order valence-electron chi connectivity index (χ4n) is 1.19. The van der Waals surface area contributed by atoms with Crippen molar-refractivity contribution in [1.29, 1.82) is 0 Å². The van der Waals surface area contributed by atoms with Crippen molar-refractivity contribution < 1.29 is 0 Å². The van der Waals surface area contributed by atoms with Crippen molar-refractivity contribution >= 4 is 6.21 Å².